The Morgan fingerprint density at radius 2 is 1.59 bits per heavy atom. The lowest BCUT2D eigenvalue weighted by Gasteiger charge is -2.25. The summed E-state index contributed by atoms with van der Waals surface area (Å²) < 4.78 is 32.7. The molecule has 5 nitrogen and oxygen atoms in total. The van der Waals surface area contributed by atoms with Crippen LogP contribution < -0.4 is 4.74 Å². The molecule has 1 aliphatic rings. The van der Waals surface area contributed by atoms with E-state index in [2.05, 4.69) is 0 Å². The molecule has 1 amide bonds. The van der Waals surface area contributed by atoms with Crippen LogP contribution in [-0.2, 0) is 16.1 Å². The molecule has 4 rings (SSSR count). The van der Waals surface area contributed by atoms with Gasteiger partial charge in [0.05, 0.1) is 17.7 Å². The Bertz CT molecular complexity index is 1250. The number of carbonyl (C=O) groups excluding carboxylic acids is 2. The zero-order valence-corrected chi connectivity index (χ0v) is 18.7. The topological polar surface area (TPSA) is 66.8 Å². The SMILES string of the molecule is CC(C)Oc1cccc(/C(O)=C2/C(=O)C(=O)N(Cc3ccc(F)cc3)C2c2ccc(F)cc2)c1. The molecule has 0 bridgehead atoms. The van der Waals surface area contributed by atoms with Crippen LogP contribution >= 0.6 is 0 Å². The van der Waals surface area contributed by atoms with E-state index in [1.54, 1.807) is 24.3 Å². The maximum Gasteiger partial charge on any atom is 0.295 e. The lowest BCUT2D eigenvalue weighted by atomic mass is 9.95. The first kappa shape index (κ1) is 23.2. The zero-order chi connectivity index (χ0) is 24.4. The van der Waals surface area contributed by atoms with Gasteiger partial charge in [-0.15, -0.1) is 0 Å². The van der Waals surface area contributed by atoms with Gasteiger partial charge in [0.15, 0.2) is 0 Å². The summed E-state index contributed by atoms with van der Waals surface area (Å²) >= 11 is 0. The Balaban J connectivity index is 1.82. The summed E-state index contributed by atoms with van der Waals surface area (Å²) in [6.07, 6.45) is -0.0992. The normalized spacial score (nSPS) is 17.4. The van der Waals surface area contributed by atoms with Gasteiger partial charge in [0.2, 0.25) is 0 Å². The fourth-order valence-electron chi connectivity index (χ4n) is 3.97. The van der Waals surface area contributed by atoms with Gasteiger partial charge < -0.3 is 14.7 Å². The van der Waals surface area contributed by atoms with Gasteiger partial charge in [0.1, 0.15) is 23.1 Å². The Hall–Kier alpha value is -4.00. The number of hydrogen-bond donors (Lipinski definition) is 1. The Kier molecular flexibility index (Phi) is 6.45. The van der Waals surface area contributed by atoms with Gasteiger partial charge in [-0.3, -0.25) is 9.59 Å². The van der Waals surface area contributed by atoms with Crippen molar-refractivity contribution in [3.63, 3.8) is 0 Å². The monoisotopic (exact) mass is 463 g/mol. The molecule has 1 saturated heterocycles. The third-order valence-electron chi connectivity index (χ3n) is 5.47. The molecule has 0 aromatic heterocycles. The number of benzene rings is 3. The van der Waals surface area contributed by atoms with Crippen molar-refractivity contribution in [2.24, 2.45) is 0 Å². The number of aliphatic hydroxyl groups excluding tert-OH is 1. The summed E-state index contributed by atoms with van der Waals surface area (Å²) in [5.74, 6) is -2.43. The number of aliphatic hydroxyl groups is 1. The zero-order valence-electron chi connectivity index (χ0n) is 18.7. The van der Waals surface area contributed by atoms with Crippen molar-refractivity contribution >= 4 is 17.4 Å². The maximum absolute atomic E-state index is 13.6. The quantitative estimate of drug-likeness (QED) is 0.303. The lowest BCUT2D eigenvalue weighted by molar-refractivity contribution is -0.140. The predicted octanol–water partition coefficient (Wildman–Crippen LogP) is 5.37. The lowest BCUT2D eigenvalue weighted by Crippen LogP contribution is -2.29. The summed E-state index contributed by atoms with van der Waals surface area (Å²) in [5.41, 5.74) is 1.26. The molecule has 1 N–H and O–H groups in total. The predicted molar refractivity (Wildman–Crippen MR) is 123 cm³/mol. The number of ether oxygens (including phenoxy) is 1. The molecule has 0 radical (unpaired) electrons. The number of carbonyl (C=O) groups is 2. The summed E-state index contributed by atoms with van der Waals surface area (Å²) in [5, 5.41) is 11.2. The Morgan fingerprint density at radius 1 is 0.971 bits per heavy atom. The van der Waals surface area contributed by atoms with Crippen LogP contribution in [0.25, 0.3) is 5.76 Å². The van der Waals surface area contributed by atoms with Crippen LogP contribution in [-0.4, -0.2) is 27.8 Å². The van der Waals surface area contributed by atoms with Gasteiger partial charge in [-0.1, -0.05) is 36.4 Å². The third-order valence-corrected chi connectivity index (χ3v) is 5.47. The first-order valence-electron chi connectivity index (χ1n) is 10.8. The van der Waals surface area contributed by atoms with Crippen molar-refractivity contribution in [2.45, 2.75) is 32.5 Å². The molecule has 3 aromatic carbocycles. The van der Waals surface area contributed by atoms with Crippen LogP contribution in [0.4, 0.5) is 8.78 Å². The highest BCUT2D eigenvalue weighted by atomic mass is 19.1. The van der Waals surface area contributed by atoms with E-state index in [0.29, 0.717) is 22.4 Å². The van der Waals surface area contributed by atoms with E-state index >= 15 is 0 Å². The van der Waals surface area contributed by atoms with Crippen LogP contribution in [0.5, 0.6) is 5.75 Å². The second-order valence-electron chi connectivity index (χ2n) is 8.30. The van der Waals surface area contributed by atoms with Crippen molar-refractivity contribution in [2.75, 3.05) is 0 Å². The number of Topliss-reactive ketones (excluding diaryl/α,β-unsaturated/α-hetero) is 1. The van der Waals surface area contributed by atoms with E-state index in [1.807, 2.05) is 13.8 Å². The van der Waals surface area contributed by atoms with Crippen LogP contribution in [0.3, 0.4) is 0 Å². The molecule has 0 saturated carbocycles. The molecule has 3 aromatic rings. The van der Waals surface area contributed by atoms with Gasteiger partial charge in [-0.05, 0) is 61.4 Å². The van der Waals surface area contributed by atoms with Crippen LogP contribution in [0.1, 0.15) is 36.6 Å². The van der Waals surface area contributed by atoms with Gasteiger partial charge in [-0.25, -0.2) is 8.78 Å². The van der Waals surface area contributed by atoms with Crippen LogP contribution in [0.15, 0.2) is 78.4 Å². The van der Waals surface area contributed by atoms with Crippen LogP contribution in [0, 0.1) is 11.6 Å². The highest BCUT2D eigenvalue weighted by Crippen LogP contribution is 2.40. The standard InChI is InChI=1S/C27H23F2NO4/c1-16(2)34-22-5-3-4-19(14-22)25(31)23-24(18-8-12-21(29)13-9-18)30(27(33)26(23)32)15-17-6-10-20(28)11-7-17/h3-14,16,24,31H,15H2,1-2H3/b25-23-. The van der Waals surface area contributed by atoms with Gasteiger partial charge in [0.25, 0.3) is 11.7 Å². The van der Waals surface area contributed by atoms with E-state index in [4.69, 9.17) is 4.74 Å². The molecule has 34 heavy (non-hydrogen) atoms. The molecule has 0 spiro atoms. The molecule has 1 aliphatic heterocycles. The number of amides is 1. The van der Waals surface area contributed by atoms with Gasteiger partial charge in [0, 0.05) is 12.1 Å². The van der Waals surface area contributed by atoms with E-state index in [-0.39, 0.29) is 24.0 Å². The molecule has 1 heterocycles. The largest absolute Gasteiger partial charge is 0.507 e. The number of nitrogens with zero attached hydrogens (tertiary/aromatic N) is 1. The second kappa shape index (κ2) is 9.47. The molecule has 1 fully saturated rings. The molecule has 174 valence electrons. The average molecular weight is 463 g/mol. The van der Waals surface area contributed by atoms with Gasteiger partial charge >= 0.3 is 0 Å². The summed E-state index contributed by atoms with van der Waals surface area (Å²) in [4.78, 5) is 27.5. The average Bonchev–Trinajstić information content (AvgIpc) is 3.05. The van der Waals surface area contributed by atoms with Crippen molar-refractivity contribution in [3.8, 4) is 5.75 Å². The Morgan fingerprint density at radius 3 is 2.21 bits per heavy atom. The molecule has 1 unspecified atom stereocenters. The third kappa shape index (κ3) is 4.69. The fraction of sp³-hybridized carbons (Fsp3) is 0.185. The van der Waals surface area contributed by atoms with Crippen molar-refractivity contribution < 1.29 is 28.2 Å². The molecule has 7 heteroatoms. The van der Waals surface area contributed by atoms with E-state index in [1.165, 1.54) is 53.4 Å². The minimum absolute atomic E-state index is 0.000175. The first-order valence-corrected chi connectivity index (χ1v) is 10.8. The summed E-state index contributed by atoms with van der Waals surface area (Å²) in [7, 11) is 0. The summed E-state index contributed by atoms with van der Waals surface area (Å²) in [6.45, 7) is 3.73. The fourth-order valence-corrected chi connectivity index (χ4v) is 3.97. The number of hydrogen-bond acceptors (Lipinski definition) is 4. The highest BCUT2D eigenvalue weighted by molar-refractivity contribution is 6.46. The highest BCUT2D eigenvalue weighted by Gasteiger charge is 2.46. The summed E-state index contributed by atoms with van der Waals surface area (Å²) in [6, 6.07) is 16.6. The van der Waals surface area contributed by atoms with Crippen molar-refractivity contribution in [3.05, 3.63) is 107 Å². The molecular formula is C27H23F2NO4. The number of halogens is 2. The molecule has 1 atom stereocenters. The smallest absolute Gasteiger partial charge is 0.295 e. The minimum atomic E-state index is -0.958. The van der Waals surface area contributed by atoms with E-state index in [9.17, 15) is 23.5 Å². The van der Waals surface area contributed by atoms with Crippen LogP contribution in [0.2, 0.25) is 0 Å². The van der Waals surface area contributed by atoms with E-state index in [0.717, 1.165) is 0 Å². The second-order valence-corrected chi connectivity index (χ2v) is 8.30. The maximum atomic E-state index is 13.6. The van der Waals surface area contributed by atoms with Crippen molar-refractivity contribution in [1.29, 1.82) is 0 Å². The van der Waals surface area contributed by atoms with Crippen molar-refractivity contribution in [1.82, 2.24) is 4.90 Å². The molecule has 0 aliphatic carbocycles. The minimum Gasteiger partial charge on any atom is -0.507 e. The number of likely N-dealkylation sites (tertiary alicyclic amines) is 1. The van der Waals surface area contributed by atoms with E-state index < -0.39 is 29.4 Å². The first-order chi connectivity index (χ1) is 16.2. The van der Waals surface area contributed by atoms with Gasteiger partial charge in [-0.2, -0.15) is 0 Å². The molecular weight excluding hydrogens is 440 g/mol. The number of ketones is 1. The number of rotatable bonds is 6. The Labute approximate surface area is 195 Å².